The number of nitrogens with one attached hydrogen (secondary N) is 5. The van der Waals surface area contributed by atoms with Crippen molar-refractivity contribution in [2.45, 2.75) is 25.4 Å². The van der Waals surface area contributed by atoms with Crippen molar-refractivity contribution >= 4 is 33.9 Å². The second-order valence-electron chi connectivity index (χ2n) is 8.42. The fraction of sp³-hybridized carbons (Fsp3) is 0.143. The first-order valence-electron chi connectivity index (χ1n) is 11.7. The fourth-order valence-corrected chi connectivity index (χ4v) is 4.62. The third-order valence-electron chi connectivity index (χ3n) is 6.16. The average molecular weight is 496 g/mol. The van der Waals surface area contributed by atoms with Crippen LogP contribution in [0.3, 0.4) is 0 Å². The summed E-state index contributed by atoms with van der Waals surface area (Å²) in [5.41, 5.74) is 15.1. The molecule has 5 rings (SSSR count). The van der Waals surface area contributed by atoms with E-state index in [1.54, 1.807) is 12.4 Å². The van der Waals surface area contributed by atoms with Crippen LogP contribution in [0.2, 0.25) is 5.02 Å². The zero-order chi connectivity index (χ0) is 24.9. The molecular weight excluding hydrogens is 470 g/mol. The summed E-state index contributed by atoms with van der Waals surface area (Å²) in [6.07, 6.45) is 13.9. The van der Waals surface area contributed by atoms with E-state index in [1.807, 2.05) is 54.9 Å². The standard InChI is InChI=1S/C28H26ClN7/c1-3-18-16-31-28-22(26(18)34-24(4-2)19-9-6-5-7-10-19)13-21(14-23(28)29)33-27(25-17-32-36-35-25)20-11-8-12-30-15-20/h1,5-17,24,27,32-33,35-36H,4H2,2H3,(H,31,34)/t24-,27+/m1/s1. The van der Waals surface area contributed by atoms with E-state index in [9.17, 15) is 0 Å². The molecule has 180 valence electrons. The summed E-state index contributed by atoms with van der Waals surface area (Å²) in [6.45, 7) is 2.15. The molecule has 0 unspecified atom stereocenters. The second kappa shape index (κ2) is 10.6. The largest absolute Gasteiger partial charge is 0.377 e. The van der Waals surface area contributed by atoms with E-state index in [0.29, 0.717) is 16.1 Å². The molecule has 0 saturated heterocycles. The van der Waals surface area contributed by atoms with Crippen molar-refractivity contribution in [3.63, 3.8) is 0 Å². The lowest BCUT2D eigenvalue weighted by molar-refractivity contribution is 0.583. The van der Waals surface area contributed by atoms with Crippen molar-refractivity contribution < 1.29 is 0 Å². The van der Waals surface area contributed by atoms with Crippen LogP contribution in [0.1, 0.15) is 42.1 Å². The lowest BCUT2D eigenvalue weighted by Crippen LogP contribution is -2.33. The minimum atomic E-state index is -0.206. The number of hydrogen-bond donors (Lipinski definition) is 5. The number of anilines is 2. The molecule has 0 radical (unpaired) electrons. The number of fused-ring (bicyclic) bond motifs is 1. The summed E-state index contributed by atoms with van der Waals surface area (Å²) in [6, 6.07) is 18.0. The van der Waals surface area contributed by atoms with E-state index in [1.165, 1.54) is 5.56 Å². The van der Waals surface area contributed by atoms with Gasteiger partial charge in [0.05, 0.1) is 39.6 Å². The van der Waals surface area contributed by atoms with E-state index in [2.05, 4.69) is 62.0 Å². The molecule has 0 amide bonds. The zero-order valence-electron chi connectivity index (χ0n) is 19.7. The third kappa shape index (κ3) is 4.78. The molecule has 3 heterocycles. The van der Waals surface area contributed by atoms with E-state index < -0.39 is 0 Å². The molecule has 36 heavy (non-hydrogen) atoms. The average Bonchev–Trinajstić information content (AvgIpc) is 3.46. The Morgan fingerprint density at radius 1 is 1.06 bits per heavy atom. The fourth-order valence-electron chi connectivity index (χ4n) is 4.36. The Morgan fingerprint density at radius 3 is 2.58 bits per heavy atom. The number of halogens is 1. The molecule has 0 bridgehead atoms. The van der Waals surface area contributed by atoms with Gasteiger partial charge in [0.2, 0.25) is 0 Å². The lowest BCUT2D eigenvalue weighted by atomic mass is 10.0. The Hall–Kier alpha value is -4.25. The van der Waals surface area contributed by atoms with Gasteiger partial charge in [0.15, 0.2) is 0 Å². The molecule has 0 saturated carbocycles. The minimum absolute atomic E-state index is 0.0763. The molecule has 5 N–H and O–H groups in total. The van der Waals surface area contributed by atoms with Gasteiger partial charge < -0.3 is 21.5 Å². The maximum Gasteiger partial charge on any atom is 0.0959 e. The van der Waals surface area contributed by atoms with Gasteiger partial charge in [0.1, 0.15) is 0 Å². The molecule has 0 fully saturated rings. The topological polar surface area (TPSA) is 85.9 Å². The highest BCUT2D eigenvalue weighted by atomic mass is 35.5. The van der Waals surface area contributed by atoms with Gasteiger partial charge in [-0.2, -0.15) is 5.53 Å². The van der Waals surface area contributed by atoms with Gasteiger partial charge in [0, 0.05) is 35.9 Å². The van der Waals surface area contributed by atoms with Crippen molar-refractivity contribution in [2.75, 3.05) is 10.6 Å². The van der Waals surface area contributed by atoms with Gasteiger partial charge in [-0.05, 0) is 35.7 Å². The maximum absolute atomic E-state index is 6.76. The predicted octanol–water partition coefficient (Wildman–Crippen LogP) is 5.43. The highest BCUT2D eigenvalue weighted by Crippen LogP contribution is 2.37. The van der Waals surface area contributed by atoms with Crippen molar-refractivity contribution in [2.24, 2.45) is 0 Å². The van der Waals surface area contributed by atoms with Gasteiger partial charge in [-0.1, -0.05) is 60.8 Å². The summed E-state index contributed by atoms with van der Waals surface area (Å²) in [4.78, 5) is 8.87. The molecule has 2 aromatic heterocycles. The number of terminal acetylenes is 1. The lowest BCUT2D eigenvalue weighted by Gasteiger charge is -2.23. The Balaban J connectivity index is 1.58. The monoisotopic (exact) mass is 495 g/mol. The highest BCUT2D eigenvalue weighted by Gasteiger charge is 2.21. The SMILES string of the molecule is C#Cc1cnc2c(Cl)cc(N[C@H](C3=CNNN3)c3cccnc3)cc2c1N[C@H](CC)c1ccccc1. The van der Waals surface area contributed by atoms with Crippen LogP contribution >= 0.6 is 11.6 Å². The van der Waals surface area contributed by atoms with E-state index in [-0.39, 0.29) is 12.1 Å². The zero-order valence-corrected chi connectivity index (χ0v) is 20.5. The van der Waals surface area contributed by atoms with E-state index in [0.717, 1.165) is 34.4 Å². The Bertz CT molecular complexity index is 1430. The summed E-state index contributed by atoms with van der Waals surface area (Å²) in [5, 5.41) is 8.65. The van der Waals surface area contributed by atoms with Gasteiger partial charge in [0.25, 0.3) is 0 Å². The number of hydrazine groups is 2. The van der Waals surface area contributed by atoms with Crippen LogP contribution in [-0.2, 0) is 0 Å². The first-order valence-corrected chi connectivity index (χ1v) is 12.1. The van der Waals surface area contributed by atoms with Crippen molar-refractivity contribution in [3.8, 4) is 12.3 Å². The Kier molecular flexibility index (Phi) is 6.89. The van der Waals surface area contributed by atoms with Crippen LogP contribution < -0.4 is 27.0 Å². The molecule has 7 nitrogen and oxygen atoms in total. The van der Waals surface area contributed by atoms with Gasteiger partial charge in [-0.25, -0.2) is 0 Å². The molecule has 2 atom stereocenters. The third-order valence-corrected chi connectivity index (χ3v) is 6.44. The summed E-state index contributed by atoms with van der Waals surface area (Å²) in [5.74, 6) is 2.79. The Labute approximate surface area is 215 Å². The van der Waals surface area contributed by atoms with Gasteiger partial charge >= 0.3 is 0 Å². The summed E-state index contributed by atoms with van der Waals surface area (Å²) in [7, 11) is 0. The van der Waals surface area contributed by atoms with Crippen LogP contribution in [0.15, 0.2) is 85.1 Å². The van der Waals surface area contributed by atoms with Crippen molar-refractivity contribution in [1.29, 1.82) is 0 Å². The molecule has 0 spiro atoms. The molecule has 1 aliphatic rings. The van der Waals surface area contributed by atoms with Gasteiger partial charge in [-0.3, -0.25) is 9.97 Å². The number of benzene rings is 2. The van der Waals surface area contributed by atoms with Crippen molar-refractivity contribution in [1.82, 2.24) is 26.4 Å². The van der Waals surface area contributed by atoms with Crippen LogP contribution in [0.5, 0.6) is 0 Å². The first kappa shape index (κ1) is 23.5. The van der Waals surface area contributed by atoms with Crippen LogP contribution in [0, 0.1) is 12.3 Å². The maximum atomic E-state index is 6.76. The first-order chi connectivity index (χ1) is 17.7. The molecule has 2 aromatic carbocycles. The highest BCUT2D eigenvalue weighted by molar-refractivity contribution is 6.35. The van der Waals surface area contributed by atoms with Crippen molar-refractivity contribution in [3.05, 3.63) is 107 Å². The molecule has 8 heteroatoms. The number of aromatic nitrogens is 2. The predicted molar refractivity (Wildman–Crippen MR) is 146 cm³/mol. The number of nitrogens with zero attached hydrogens (tertiary/aromatic N) is 2. The molecular formula is C28H26ClN7. The second-order valence-corrected chi connectivity index (χ2v) is 8.83. The van der Waals surface area contributed by atoms with Gasteiger partial charge in [-0.15, -0.1) is 6.42 Å². The minimum Gasteiger partial charge on any atom is -0.377 e. The molecule has 0 aliphatic carbocycles. The smallest absolute Gasteiger partial charge is 0.0959 e. The van der Waals surface area contributed by atoms with Crippen LogP contribution in [0.4, 0.5) is 11.4 Å². The summed E-state index contributed by atoms with van der Waals surface area (Å²) >= 11 is 6.76. The number of rotatable bonds is 8. The van der Waals surface area contributed by atoms with Crippen LogP contribution in [0.25, 0.3) is 10.9 Å². The van der Waals surface area contributed by atoms with E-state index in [4.69, 9.17) is 18.0 Å². The number of pyridine rings is 2. The molecule has 4 aromatic rings. The van der Waals surface area contributed by atoms with E-state index >= 15 is 0 Å². The quantitative estimate of drug-likeness (QED) is 0.208. The van der Waals surface area contributed by atoms with Crippen LogP contribution in [-0.4, -0.2) is 9.97 Å². The Morgan fingerprint density at radius 2 is 1.89 bits per heavy atom. The summed E-state index contributed by atoms with van der Waals surface area (Å²) < 4.78 is 0. The normalized spacial score (nSPS) is 14.2. The molecule has 1 aliphatic heterocycles. The number of hydrogen-bond acceptors (Lipinski definition) is 7.